The van der Waals surface area contributed by atoms with Gasteiger partial charge in [-0.2, -0.15) is 0 Å². The lowest BCUT2D eigenvalue weighted by molar-refractivity contribution is 0.0883. The minimum Gasteiger partial charge on any atom is -0.496 e. The summed E-state index contributed by atoms with van der Waals surface area (Å²) in [7, 11) is 1.60. The Morgan fingerprint density at radius 2 is 2.05 bits per heavy atom. The first kappa shape index (κ1) is 17.3. The lowest BCUT2D eigenvalue weighted by Gasteiger charge is -2.29. The van der Waals surface area contributed by atoms with Crippen LogP contribution in [0.2, 0.25) is 5.02 Å². The number of rotatable bonds is 5. The number of carbonyl (C=O) groups is 1. The van der Waals surface area contributed by atoms with Gasteiger partial charge in [0, 0.05) is 43.7 Å². The summed E-state index contributed by atoms with van der Waals surface area (Å²) in [5.41, 5.74) is 2.37. The van der Waals surface area contributed by atoms with Crippen molar-refractivity contribution in [2.75, 3.05) is 39.8 Å². The van der Waals surface area contributed by atoms with E-state index in [2.05, 4.69) is 10.2 Å². The second kappa shape index (κ2) is 7.44. The van der Waals surface area contributed by atoms with Gasteiger partial charge in [0.25, 0.3) is 0 Å². The molecular formula is C17H25ClN2O2. The van der Waals surface area contributed by atoms with Crippen LogP contribution in [0.15, 0.2) is 6.07 Å². The molecule has 5 heteroatoms. The highest BCUT2D eigenvalue weighted by Gasteiger charge is 2.25. The molecule has 1 saturated heterocycles. The molecule has 0 radical (unpaired) electrons. The number of halogens is 1. The molecule has 1 fully saturated rings. The molecule has 4 nitrogen and oxygen atoms in total. The van der Waals surface area contributed by atoms with Crippen LogP contribution in [0.1, 0.15) is 28.4 Å². The van der Waals surface area contributed by atoms with Crippen molar-refractivity contribution in [3.05, 3.63) is 27.8 Å². The number of aryl methyl sites for hydroxylation is 1. The molecule has 1 N–H and O–H groups in total. The number of nitrogens with zero attached hydrogens (tertiary/aromatic N) is 1. The summed E-state index contributed by atoms with van der Waals surface area (Å²) in [4.78, 5) is 15.2. The Bertz CT molecular complexity index is 554. The van der Waals surface area contributed by atoms with Gasteiger partial charge in [0.1, 0.15) is 5.75 Å². The number of ketones is 1. The lowest BCUT2D eigenvalue weighted by Crippen LogP contribution is -2.45. The van der Waals surface area contributed by atoms with Gasteiger partial charge in [-0.3, -0.25) is 4.79 Å². The smallest absolute Gasteiger partial charge is 0.170 e. The van der Waals surface area contributed by atoms with E-state index in [9.17, 15) is 4.79 Å². The molecule has 1 atom stereocenters. The van der Waals surface area contributed by atoms with E-state index in [1.807, 2.05) is 26.8 Å². The second-order valence-corrected chi connectivity index (χ2v) is 6.40. The molecule has 0 spiro atoms. The highest BCUT2D eigenvalue weighted by atomic mass is 35.5. The minimum atomic E-state index is -0.0792. The van der Waals surface area contributed by atoms with E-state index in [1.54, 1.807) is 7.11 Å². The third-order valence-corrected chi connectivity index (χ3v) is 4.88. The van der Waals surface area contributed by atoms with Crippen LogP contribution in [-0.4, -0.2) is 50.5 Å². The SMILES string of the molecule is COc1cc(C)c(Cl)c(C)c1C(=O)C(C)CN1CCNCC1. The summed E-state index contributed by atoms with van der Waals surface area (Å²) in [5.74, 6) is 0.649. The van der Waals surface area contributed by atoms with Crippen LogP contribution in [0.25, 0.3) is 0 Å². The molecular weight excluding hydrogens is 300 g/mol. The van der Waals surface area contributed by atoms with Crippen molar-refractivity contribution in [2.45, 2.75) is 20.8 Å². The van der Waals surface area contributed by atoms with Crippen LogP contribution in [0.3, 0.4) is 0 Å². The zero-order valence-electron chi connectivity index (χ0n) is 13.8. The Morgan fingerprint density at radius 1 is 1.41 bits per heavy atom. The van der Waals surface area contributed by atoms with Crippen LogP contribution in [0, 0.1) is 19.8 Å². The topological polar surface area (TPSA) is 41.6 Å². The largest absolute Gasteiger partial charge is 0.496 e. The van der Waals surface area contributed by atoms with Crippen molar-refractivity contribution in [3.63, 3.8) is 0 Å². The molecule has 22 heavy (non-hydrogen) atoms. The van der Waals surface area contributed by atoms with Crippen molar-refractivity contribution >= 4 is 17.4 Å². The third-order valence-electron chi connectivity index (χ3n) is 4.30. The average molecular weight is 325 g/mol. The number of nitrogens with one attached hydrogen (secondary N) is 1. The van der Waals surface area contributed by atoms with Gasteiger partial charge in [-0.25, -0.2) is 0 Å². The highest BCUT2D eigenvalue weighted by molar-refractivity contribution is 6.32. The van der Waals surface area contributed by atoms with E-state index >= 15 is 0 Å². The summed E-state index contributed by atoms with van der Waals surface area (Å²) in [5, 5.41) is 3.98. The monoisotopic (exact) mass is 324 g/mol. The zero-order valence-corrected chi connectivity index (χ0v) is 14.6. The molecule has 2 rings (SSSR count). The van der Waals surface area contributed by atoms with E-state index < -0.39 is 0 Å². The molecule has 1 aromatic rings. The van der Waals surface area contributed by atoms with Gasteiger partial charge >= 0.3 is 0 Å². The summed E-state index contributed by atoms with van der Waals surface area (Å²) >= 11 is 6.33. The Morgan fingerprint density at radius 3 is 2.64 bits per heavy atom. The highest BCUT2D eigenvalue weighted by Crippen LogP contribution is 2.33. The molecule has 0 aliphatic carbocycles. The van der Waals surface area contributed by atoms with E-state index in [1.165, 1.54) is 0 Å². The first-order chi connectivity index (χ1) is 10.5. The van der Waals surface area contributed by atoms with Gasteiger partial charge in [-0.1, -0.05) is 18.5 Å². The molecule has 1 heterocycles. The van der Waals surface area contributed by atoms with E-state index in [0.29, 0.717) is 16.3 Å². The zero-order chi connectivity index (χ0) is 16.3. The number of benzene rings is 1. The maximum atomic E-state index is 12.9. The molecule has 1 aliphatic heterocycles. The number of piperazine rings is 1. The van der Waals surface area contributed by atoms with Crippen molar-refractivity contribution in [3.8, 4) is 5.75 Å². The van der Waals surface area contributed by atoms with Crippen LogP contribution in [0.4, 0.5) is 0 Å². The maximum Gasteiger partial charge on any atom is 0.170 e. The normalized spacial score (nSPS) is 17.3. The first-order valence-electron chi connectivity index (χ1n) is 7.76. The number of hydrogen-bond donors (Lipinski definition) is 1. The number of hydrogen-bond acceptors (Lipinski definition) is 4. The Labute approximate surface area is 137 Å². The Hall–Kier alpha value is -1.10. The molecule has 0 saturated carbocycles. The number of methoxy groups -OCH3 is 1. The van der Waals surface area contributed by atoms with Gasteiger partial charge < -0.3 is 15.0 Å². The summed E-state index contributed by atoms with van der Waals surface area (Å²) < 4.78 is 5.42. The minimum absolute atomic E-state index is 0.0792. The summed E-state index contributed by atoms with van der Waals surface area (Å²) in [6.07, 6.45) is 0. The number of Topliss-reactive ketones (excluding diaryl/α,β-unsaturated/α-hetero) is 1. The number of carbonyl (C=O) groups excluding carboxylic acids is 1. The van der Waals surface area contributed by atoms with Gasteiger partial charge in [0.05, 0.1) is 12.7 Å². The van der Waals surface area contributed by atoms with Crippen LogP contribution < -0.4 is 10.1 Å². The van der Waals surface area contributed by atoms with Crippen molar-refractivity contribution in [1.29, 1.82) is 0 Å². The fraction of sp³-hybridized carbons (Fsp3) is 0.588. The van der Waals surface area contributed by atoms with E-state index in [-0.39, 0.29) is 11.7 Å². The van der Waals surface area contributed by atoms with Crippen molar-refractivity contribution in [2.24, 2.45) is 5.92 Å². The maximum absolute atomic E-state index is 12.9. The first-order valence-corrected chi connectivity index (χ1v) is 8.14. The summed E-state index contributed by atoms with van der Waals surface area (Å²) in [6, 6.07) is 1.85. The van der Waals surface area contributed by atoms with Gasteiger partial charge in [-0.15, -0.1) is 0 Å². The average Bonchev–Trinajstić information content (AvgIpc) is 2.52. The molecule has 1 aromatic carbocycles. The molecule has 0 aromatic heterocycles. The predicted octanol–water partition coefficient (Wildman–Crippen LogP) is 2.69. The Balaban J connectivity index is 2.22. The molecule has 0 amide bonds. The standard InChI is InChI=1S/C17H25ClN2O2/c1-11-9-14(22-4)15(13(3)16(11)18)17(21)12(2)10-20-7-5-19-6-8-20/h9,12,19H,5-8,10H2,1-4H3. The van der Waals surface area contributed by atoms with Crippen LogP contribution in [-0.2, 0) is 0 Å². The lowest BCUT2D eigenvalue weighted by atomic mass is 9.93. The predicted molar refractivity (Wildman–Crippen MR) is 90.3 cm³/mol. The second-order valence-electron chi connectivity index (χ2n) is 6.03. The fourth-order valence-corrected chi connectivity index (χ4v) is 3.15. The van der Waals surface area contributed by atoms with Crippen LogP contribution in [0.5, 0.6) is 5.75 Å². The van der Waals surface area contributed by atoms with Gasteiger partial charge in [0.15, 0.2) is 5.78 Å². The molecule has 1 unspecified atom stereocenters. The quantitative estimate of drug-likeness (QED) is 0.846. The molecule has 1 aliphatic rings. The van der Waals surface area contributed by atoms with Crippen molar-refractivity contribution in [1.82, 2.24) is 10.2 Å². The van der Waals surface area contributed by atoms with Crippen LogP contribution >= 0.6 is 11.6 Å². The Kier molecular flexibility index (Phi) is 5.84. The van der Waals surface area contributed by atoms with Gasteiger partial charge in [-0.05, 0) is 31.0 Å². The number of ether oxygens (including phenoxy) is 1. The molecule has 122 valence electrons. The van der Waals surface area contributed by atoms with E-state index in [4.69, 9.17) is 16.3 Å². The van der Waals surface area contributed by atoms with E-state index in [0.717, 1.165) is 43.9 Å². The summed E-state index contributed by atoms with van der Waals surface area (Å²) in [6.45, 7) is 10.5. The molecule has 0 bridgehead atoms. The van der Waals surface area contributed by atoms with Crippen molar-refractivity contribution < 1.29 is 9.53 Å². The fourth-order valence-electron chi connectivity index (χ4n) is 3.00. The van der Waals surface area contributed by atoms with Gasteiger partial charge in [0.2, 0.25) is 0 Å². The third kappa shape index (κ3) is 3.62.